The lowest BCUT2D eigenvalue weighted by Crippen LogP contribution is -2.45. The molecule has 1 saturated heterocycles. The fourth-order valence-electron chi connectivity index (χ4n) is 3.25. The highest BCUT2D eigenvalue weighted by molar-refractivity contribution is 7.18. The maximum absolute atomic E-state index is 12.8. The Morgan fingerprint density at radius 3 is 2.89 bits per heavy atom. The highest BCUT2D eigenvalue weighted by atomic mass is 32.1. The third kappa shape index (κ3) is 3.75. The molecular formula is C19H22N4O3S2. The summed E-state index contributed by atoms with van der Waals surface area (Å²) >= 11 is 3.08. The van der Waals surface area contributed by atoms with Crippen LogP contribution in [0, 0.1) is 0 Å². The van der Waals surface area contributed by atoms with Gasteiger partial charge < -0.3 is 14.6 Å². The number of carbonyl (C=O) groups is 1. The fraction of sp³-hybridized carbons (Fsp3) is 0.421. The Balaban J connectivity index is 1.55. The number of nitrogens with one attached hydrogen (secondary N) is 1. The molecule has 0 spiro atoms. The number of aromatic amines is 1. The monoisotopic (exact) mass is 418 g/mol. The third-order valence-electron chi connectivity index (χ3n) is 5.05. The first-order valence-electron chi connectivity index (χ1n) is 9.15. The van der Waals surface area contributed by atoms with Gasteiger partial charge in [0.05, 0.1) is 31.2 Å². The lowest BCUT2D eigenvalue weighted by Gasteiger charge is -2.30. The smallest absolute Gasteiger partial charge is 0.260 e. The minimum absolute atomic E-state index is 0.0668. The summed E-state index contributed by atoms with van der Waals surface area (Å²) in [4.78, 5) is 38.4. The molecule has 4 rings (SSSR count). The molecule has 0 aromatic carbocycles. The molecule has 1 atom stereocenters. The maximum Gasteiger partial charge on any atom is 0.260 e. The van der Waals surface area contributed by atoms with E-state index in [4.69, 9.17) is 4.74 Å². The van der Waals surface area contributed by atoms with Crippen molar-refractivity contribution < 1.29 is 9.53 Å². The molecule has 0 saturated carbocycles. The Morgan fingerprint density at radius 2 is 2.18 bits per heavy atom. The van der Waals surface area contributed by atoms with Gasteiger partial charge in [0.25, 0.3) is 5.56 Å². The summed E-state index contributed by atoms with van der Waals surface area (Å²) in [7, 11) is 1.87. The van der Waals surface area contributed by atoms with E-state index < -0.39 is 0 Å². The molecule has 28 heavy (non-hydrogen) atoms. The molecule has 0 aliphatic carbocycles. The zero-order chi connectivity index (χ0) is 19.7. The summed E-state index contributed by atoms with van der Waals surface area (Å²) in [5.41, 5.74) is 0.795. The van der Waals surface area contributed by atoms with E-state index in [9.17, 15) is 9.59 Å². The maximum atomic E-state index is 12.8. The third-order valence-corrected chi connectivity index (χ3v) is 6.83. The second-order valence-electron chi connectivity index (χ2n) is 6.84. The average Bonchev–Trinajstić information content (AvgIpc) is 3.37. The number of hydrogen-bond donors (Lipinski definition) is 1. The van der Waals surface area contributed by atoms with E-state index in [2.05, 4.69) is 9.97 Å². The van der Waals surface area contributed by atoms with Crippen LogP contribution in [0.1, 0.15) is 18.8 Å². The molecule has 1 N–H and O–H groups in total. The predicted molar refractivity (Wildman–Crippen MR) is 112 cm³/mol. The molecule has 1 fully saturated rings. The van der Waals surface area contributed by atoms with Gasteiger partial charge in [-0.05, 0) is 25.4 Å². The zero-order valence-corrected chi connectivity index (χ0v) is 17.4. The molecule has 1 amide bonds. The molecule has 0 unspecified atom stereocenters. The van der Waals surface area contributed by atoms with E-state index in [1.807, 2.05) is 46.7 Å². The summed E-state index contributed by atoms with van der Waals surface area (Å²) in [6, 6.07) is 3.80. The van der Waals surface area contributed by atoms with Crippen LogP contribution >= 0.6 is 22.7 Å². The van der Waals surface area contributed by atoms with Crippen molar-refractivity contribution in [2.24, 2.45) is 0 Å². The van der Waals surface area contributed by atoms with Gasteiger partial charge in [-0.25, -0.2) is 4.98 Å². The van der Waals surface area contributed by atoms with Crippen molar-refractivity contribution in [3.8, 4) is 10.4 Å². The molecule has 7 nitrogen and oxygen atoms in total. The number of thiophene rings is 2. The normalized spacial score (nSPS) is 16.0. The first-order valence-corrected chi connectivity index (χ1v) is 10.9. The molecule has 9 heteroatoms. The van der Waals surface area contributed by atoms with Gasteiger partial charge in [0.1, 0.15) is 10.7 Å². The van der Waals surface area contributed by atoms with E-state index in [1.165, 1.54) is 11.3 Å². The molecule has 0 bridgehead atoms. The predicted octanol–water partition coefficient (Wildman–Crippen LogP) is 2.56. The lowest BCUT2D eigenvalue weighted by molar-refractivity contribution is -0.136. The van der Waals surface area contributed by atoms with Crippen molar-refractivity contribution in [2.75, 3.05) is 39.9 Å². The number of hydrogen-bond acceptors (Lipinski definition) is 7. The topological polar surface area (TPSA) is 78.5 Å². The molecule has 4 heterocycles. The van der Waals surface area contributed by atoms with Gasteiger partial charge in [-0.1, -0.05) is 6.07 Å². The van der Waals surface area contributed by atoms with Gasteiger partial charge in [-0.3, -0.25) is 14.5 Å². The summed E-state index contributed by atoms with van der Waals surface area (Å²) in [6.45, 7) is 4.65. The number of aromatic nitrogens is 2. The van der Waals surface area contributed by atoms with Crippen LogP contribution < -0.4 is 5.56 Å². The zero-order valence-electron chi connectivity index (χ0n) is 15.8. The molecule has 0 radical (unpaired) electrons. The molecule has 1 aliphatic rings. The minimum atomic E-state index is -0.186. The minimum Gasteiger partial charge on any atom is -0.378 e. The Bertz CT molecular complexity index is 1020. The van der Waals surface area contributed by atoms with E-state index in [0.29, 0.717) is 37.5 Å². The van der Waals surface area contributed by atoms with Crippen molar-refractivity contribution in [3.05, 3.63) is 39.1 Å². The van der Waals surface area contributed by atoms with Gasteiger partial charge >= 0.3 is 0 Å². The van der Waals surface area contributed by atoms with Gasteiger partial charge in [-0.15, -0.1) is 22.7 Å². The van der Waals surface area contributed by atoms with Crippen LogP contribution in [0.2, 0.25) is 0 Å². The number of fused-ring (bicyclic) bond motifs is 1. The van der Waals surface area contributed by atoms with Crippen LogP contribution in [-0.4, -0.2) is 65.6 Å². The number of rotatable bonds is 5. The standard InChI is InChI=1S/C19H22N4O3S2/c1-12(22(2)10-15(24)23-5-7-26-8-6-23)17-20-18(25)16-13(11-28-19(16)21-17)14-4-3-9-27-14/h3-4,9,11-12H,5-8,10H2,1-2H3,(H,20,21,25)/t12-/m0/s1. The number of ether oxygens (including phenoxy) is 1. The van der Waals surface area contributed by atoms with Gasteiger partial charge in [-0.2, -0.15) is 0 Å². The average molecular weight is 419 g/mol. The number of carbonyl (C=O) groups excluding carboxylic acids is 1. The van der Waals surface area contributed by atoms with Gasteiger partial charge in [0, 0.05) is 28.9 Å². The second-order valence-corrected chi connectivity index (χ2v) is 8.65. The summed E-state index contributed by atoms with van der Waals surface area (Å²) in [5, 5.41) is 4.62. The van der Waals surface area contributed by atoms with Crippen LogP contribution in [0.4, 0.5) is 0 Å². The summed E-state index contributed by atoms with van der Waals surface area (Å²) in [5.74, 6) is 0.645. The molecule has 1 aliphatic heterocycles. The van der Waals surface area contributed by atoms with Crippen molar-refractivity contribution in [1.82, 2.24) is 19.8 Å². The quantitative estimate of drug-likeness (QED) is 0.689. The highest BCUT2D eigenvalue weighted by Crippen LogP contribution is 2.33. The van der Waals surface area contributed by atoms with Crippen molar-refractivity contribution >= 4 is 38.8 Å². The number of H-pyrrole nitrogens is 1. The second kappa shape index (κ2) is 8.12. The van der Waals surface area contributed by atoms with E-state index >= 15 is 0 Å². The Hall–Kier alpha value is -2.07. The van der Waals surface area contributed by atoms with Crippen molar-refractivity contribution in [1.29, 1.82) is 0 Å². The van der Waals surface area contributed by atoms with Crippen LogP contribution in [0.25, 0.3) is 20.7 Å². The number of likely N-dealkylation sites (N-methyl/N-ethyl adjacent to an activating group) is 1. The SMILES string of the molecule is C[C@@H](c1nc2scc(-c3cccs3)c2c(=O)[nH]1)N(C)CC(=O)N1CCOCC1. The summed E-state index contributed by atoms with van der Waals surface area (Å²) < 4.78 is 5.30. The molecular weight excluding hydrogens is 396 g/mol. The van der Waals surface area contributed by atoms with Gasteiger partial charge in [0.2, 0.25) is 5.91 Å². The van der Waals surface area contributed by atoms with E-state index in [0.717, 1.165) is 15.3 Å². The molecule has 3 aromatic heterocycles. The number of amides is 1. The number of morpholine rings is 1. The highest BCUT2D eigenvalue weighted by Gasteiger charge is 2.23. The van der Waals surface area contributed by atoms with Gasteiger partial charge in [0.15, 0.2) is 0 Å². The Morgan fingerprint density at radius 1 is 1.39 bits per heavy atom. The van der Waals surface area contributed by atoms with Crippen molar-refractivity contribution in [2.45, 2.75) is 13.0 Å². The van der Waals surface area contributed by atoms with Crippen LogP contribution in [-0.2, 0) is 9.53 Å². The first-order chi connectivity index (χ1) is 13.5. The Labute approximate surface area is 170 Å². The molecule has 148 valence electrons. The van der Waals surface area contributed by atoms with E-state index in [-0.39, 0.29) is 24.1 Å². The van der Waals surface area contributed by atoms with E-state index in [1.54, 1.807) is 11.3 Å². The largest absolute Gasteiger partial charge is 0.378 e. The van der Waals surface area contributed by atoms with Crippen LogP contribution in [0.5, 0.6) is 0 Å². The Kier molecular flexibility index (Phi) is 5.58. The van der Waals surface area contributed by atoms with Crippen LogP contribution in [0.3, 0.4) is 0 Å². The molecule has 3 aromatic rings. The fourth-order valence-corrected chi connectivity index (χ4v) is 5.02. The lowest BCUT2D eigenvalue weighted by atomic mass is 10.2. The van der Waals surface area contributed by atoms with Crippen LogP contribution in [0.15, 0.2) is 27.7 Å². The first kappa shape index (κ1) is 19.3. The number of nitrogens with zero attached hydrogens (tertiary/aromatic N) is 3. The summed E-state index contributed by atoms with van der Waals surface area (Å²) in [6.07, 6.45) is 0. The van der Waals surface area contributed by atoms with Crippen molar-refractivity contribution in [3.63, 3.8) is 0 Å².